The van der Waals surface area contributed by atoms with Gasteiger partial charge in [-0.1, -0.05) is 17.7 Å². The van der Waals surface area contributed by atoms with Gasteiger partial charge in [0, 0.05) is 31.2 Å². The van der Waals surface area contributed by atoms with Gasteiger partial charge in [-0.2, -0.15) is 0 Å². The zero-order chi connectivity index (χ0) is 16.1. The van der Waals surface area contributed by atoms with Gasteiger partial charge in [0.2, 0.25) is 0 Å². The first-order valence-electron chi connectivity index (χ1n) is 7.58. The van der Waals surface area contributed by atoms with E-state index in [-0.39, 0.29) is 6.03 Å². The van der Waals surface area contributed by atoms with E-state index in [0.29, 0.717) is 6.54 Å². The maximum absolute atomic E-state index is 12.0. The molecule has 1 heterocycles. The standard InChI is InChI=1S/C17H24N4O/c1-12-10-13(2)16(14(3)11-12)20-17(22)19-6-5-8-21-9-7-18-15(21)4/h7,9-11H,5-6,8H2,1-4H3,(H2,19,20,22). The molecule has 22 heavy (non-hydrogen) atoms. The molecule has 5 nitrogen and oxygen atoms in total. The average Bonchev–Trinajstić information content (AvgIpc) is 2.84. The summed E-state index contributed by atoms with van der Waals surface area (Å²) < 4.78 is 2.08. The van der Waals surface area contributed by atoms with Crippen LogP contribution in [0.5, 0.6) is 0 Å². The molecule has 2 N–H and O–H groups in total. The summed E-state index contributed by atoms with van der Waals surface area (Å²) in [6.45, 7) is 9.54. The molecule has 2 rings (SSSR count). The molecule has 2 amide bonds. The van der Waals surface area contributed by atoms with Gasteiger partial charge in [-0.05, 0) is 45.2 Å². The molecule has 0 spiro atoms. The Hall–Kier alpha value is -2.30. The Morgan fingerprint density at radius 2 is 1.86 bits per heavy atom. The Morgan fingerprint density at radius 3 is 2.45 bits per heavy atom. The number of aryl methyl sites for hydroxylation is 5. The smallest absolute Gasteiger partial charge is 0.319 e. The number of nitrogens with zero attached hydrogens (tertiary/aromatic N) is 2. The van der Waals surface area contributed by atoms with Crippen LogP contribution in [-0.2, 0) is 6.54 Å². The number of hydrogen-bond donors (Lipinski definition) is 2. The lowest BCUT2D eigenvalue weighted by Gasteiger charge is -2.13. The van der Waals surface area contributed by atoms with Crippen molar-refractivity contribution >= 4 is 11.7 Å². The molecule has 0 saturated heterocycles. The summed E-state index contributed by atoms with van der Waals surface area (Å²) in [6, 6.07) is 3.99. The van der Waals surface area contributed by atoms with Crippen LogP contribution in [0.15, 0.2) is 24.5 Å². The Bertz CT molecular complexity index is 637. The summed E-state index contributed by atoms with van der Waals surface area (Å²) in [5, 5.41) is 5.84. The number of amides is 2. The number of aromatic nitrogens is 2. The molecule has 0 atom stereocenters. The summed E-state index contributed by atoms with van der Waals surface area (Å²) in [6.07, 6.45) is 4.61. The number of benzene rings is 1. The van der Waals surface area contributed by atoms with Gasteiger partial charge in [0.25, 0.3) is 0 Å². The molecule has 0 aliphatic heterocycles. The minimum Gasteiger partial charge on any atom is -0.338 e. The fraction of sp³-hybridized carbons (Fsp3) is 0.412. The van der Waals surface area contributed by atoms with Gasteiger partial charge in [-0.15, -0.1) is 0 Å². The second-order valence-corrected chi connectivity index (χ2v) is 5.68. The molecule has 0 unspecified atom stereocenters. The molecule has 118 valence electrons. The number of rotatable bonds is 5. The maximum Gasteiger partial charge on any atom is 0.319 e. The summed E-state index contributed by atoms with van der Waals surface area (Å²) in [5.74, 6) is 0.996. The highest BCUT2D eigenvalue weighted by atomic mass is 16.2. The van der Waals surface area contributed by atoms with Crippen molar-refractivity contribution in [3.63, 3.8) is 0 Å². The fourth-order valence-corrected chi connectivity index (χ4v) is 2.63. The largest absolute Gasteiger partial charge is 0.338 e. The van der Waals surface area contributed by atoms with Gasteiger partial charge in [0.15, 0.2) is 0 Å². The van der Waals surface area contributed by atoms with E-state index in [1.165, 1.54) is 5.56 Å². The second-order valence-electron chi connectivity index (χ2n) is 5.68. The van der Waals surface area contributed by atoms with Gasteiger partial charge in [-0.3, -0.25) is 0 Å². The van der Waals surface area contributed by atoms with Crippen molar-refractivity contribution in [3.8, 4) is 0 Å². The number of urea groups is 1. The first-order valence-corrected chi connectivity index (χ1v) is 7.58. The normalized spacial score (nSPS) is 10.5. The van der Waals surface area contributed by atoms with Crippen molar-refractivity contribution in [3.05, 3.63) is 47.0 Å². The molecule has 0 aliphatic carbocycles. The highest BCUT2D eigenvalue weighted by Crippen LogP contribution is 2.21. The van der Waals surface area contributed by atoms with Gasteiger partial charge in [0.1, 0.15) is 5.82 Å². The second kappa shape index (κ2) is 7.11. The highest BCUT2D eigenvalue weighted by molar-refractivity contribution is 5.91. The van der Waals surface area contributed by atoms with Crippen LogP contribution >= 0.6 is 0 Å². The lowest BCUT2D eigenvalue weighted by atomic mass is 10.1. The molecule has 5 heteroatoms. The molecule has 1 aromatic heterocycles. The van der Waals surface area contributed by atoms with Gasteiger partial charge in [0.05, 0.1) is 0 Å². The molecule has 0 fully saturated rings. The molecule has 0 aliphatic rings. The van der Waals surface area contributed by atoms with Crippen LogP contribution in [0.3, 0.4) is 0 Å². The number of imidazole rings is 1. The van der Waals surface area contributed by atoms with Crippen LogP contribution in [0.4, 0.5) is 10.5 Å². The van der Waals surface area contributed by atoms with Crippen molar-refractivity contribution in [2.75, 3.05) is 11.9 Å². The SMILES string of the molecule is Cc1cc(C)c(NC(=O)NCCCn2ccnc2C)c(C)c1. The van der Waals surface area contributed by atoms with E-state index in [0.717, 1.165) is 35.6 Å². The summed E-state index contributed by atoms with van der Waals surface area (Å²) in [5.41, 5.74) is 4.27. The molecular formula is C17H24N4O. The Balaban J connectivity index is 1.80. The maximum atomic E-state index is 12.0. The molecule has 0 bridgehead atoms. The molecule has 0 radical (unpaired) electrons. The zero-order valence-electron chi connectivity index (χ0n) is 13.7. The monoisotopic (exact) mass is 300 g/mol. The van der Waals surface area contributed by atoms with Crippen LogP contribution in [0.2, 0.25) is 0 Å². The van der Waals surface area contributed by atoms with Crippen LogP contribution in [0, 0.1) is 27.7 Å². The van der Waals surface area contributed by atoms with E-state index in [4.69, 9.17) is 0 Å². The van der Waals surface area contributed by atoms with Crippen LogP contribution in [-0.4, -0.2) is 22.1 Å². The average molecular weight is 300 g/mol. The van der Waals surface area contributed by atoms with E-state index >= 15 is 0 Å². The van der Waals surface area contributed by atoms with Gasteiger partial charge < -0.3 is 15.2 Å². The summed E-state index contributed by atoms with van der Waals surface area (Å²) in [7, 11) is 0. The summed E-state index contributed by atoms with van der Waals surface area (Å²) >= 11 is 0. The van der Waals surface area contributed by atoms with Crippen molar-refractivity contribution in [2.45, 2.75) is 40.7 Å². The predicted molar refractivity (Wildman–Crippen MR) is 89.3 cm³/mol. The zero-order valence-corrected chi connectivity index (χ0v) is 13.7. The quantitative estimate of drug-likeness (QED) is 0.832. The van der Waals surface area contributed by atoms with Crippen molar-refractivity contribution in [2.24, 2.45) is 0 Å². The van der Waals surface area contributed by atoms with Crippen LogP contribution < -0.4 is 10.6 Å². The van der Waals surface area contributed by atoms with E-state index in [9.17, 15) is 4.79 Å². The van der Waals surface area contributed by atoms with Crippen LogP contribution in [0.25, 0.3) is 0 Å². The van der Waals surface area contributed by atoms with Crippen molar-refractivity contribution in [1.82, 2.24) is 14.9 Å². The highest BCUT2D eigenvalue weighted by Gasteiger charge is 2.07. The van der Waals surface area contributed by atoms with Crippen LogP contribution in [0.1, 0.15) is 28.9 Å². The third-order valence-corrected chi connectivity index (χ3v) is 3.70. The lowest BCUT2D eigenvalue weighted by molar-refractivity contribution is 0.251. The van der Waals surface area contributed by atoms with Gasteiger partial charge in [-0.25, -0.2) is 9.78 Å². The van der Waals surface area contributed by atoms with Crippen molar-refractivity contribution in [1.29, 1.82) is 0 Å². The number of anilines is 1. The summed E-state index contributed by atoms with van der Waals surface area (Å²) in [4.78, 5) is 16.2. The molecular weight excluding hydrogens is 276 g/mol. The van der Waals surface area contributed by atoms with E-state index in [1.807, 2.05) is 27.0 Å². The number of carbonyl (C=O) groups is 1. The Kier molecular flexibility index (Phi) is 5.20. The minimum absolute atomic E-state index is 0.155. The minimum atomic E-state index is -0.155. The Morgan fingerprint density at radius 1 is 1.18 bits per heavy atom. The first-order chi connectivity index (χ1) is 10.5. The van der Waals surface area contributed by atoms with E-state index in [2.05, 4.69) is 39.2 Å². The van der Waals surface area contributed by atoms with Gasteiger partial charge >= 0.3 is 6.03 Å². The molecule has 2 aromatic rings. The number of nitrogens with one attached hydrogen (secondary N) is 2. The van der Waals surface area contributed by atoms with E-state index in [1.54, 1.807) is 6.20 Å². The third-order valence-electron chi connectivity index (χ3n) is 3.70. The predicted octanol–water partition coefficient (Wildman–Crippen LogP) is 3.33. The van der Waals surface area contributed by atoms with E-state index < -0.39 is 0 Å². The molecule has 1 aromatic carbocycles. The fourth-order valence-electron chi connectivity index (χ4n) is 2.63. The topological polar surface area (TPSA) is 59.0 Å². The number of carbonyl (C=O) groups excluding carboxylic acids is 1. The molecule has 0 saturated carbocycles. The lowest BCUT2D eigenvalue weighted by Crippen LogP contribution is -2.30. The first kappa shape index (κ1) is 16.1. The van der Waals surface area contributed by atoms with Crippen molar-refractivity contribution < 1.29 is 4.79 Å². The Labute approximate surface area is 131 Å². The number of hydrogen-bond acceptors (Lipinski definition) is 2. The third kappa shape index (κ3) is 4.10.